The topological polar surface area (TPSA) is 170 Å². The van der Waals surface area contributed by atoms with Crippen LogP contribution in [0.1, 0.15) is 24.0 Å². The monoisotopic (exact) mass is 908 g/mol. The average molecular weight is 910 g/mol. The minimum absolute atomic E-state index is 0.366. The number of rotatable bonds is 15. The number of halogens is 1. The molecule has 0 aliphatic carbocycles. The maximum absolute atomic E-state index is 6.18. The second kappa shape index (κ2) is 21.7. The van der Waals surface area contributed by atoms with Crippen molar-refractivity contribution in [3.05, 3.63) is 114 Å². The first-order valence-corrected chi connectivity index (χ1v) is 22.5. The van der Waals surface area contributed by atoms with E-state index >= 15 is 0 Å². The standard InChI is InChI=1S/C23H28N6O2S.C22H25ClN6OS/c1-28(2)17-9-10-29(14-17)23-26-13-20(32-19-7-8-21(24)25-12-19)22(27-23)31-15-16-5-4-6-18(11-16)30-3;1-28(2)17-8-9-29(13-17)22-26-12-19(31-18-6-7-20(24)25-11-18)21(27-22)30-14-15-4-3-5-16(23)10-15/h4-8,11-13,17H,9-10,14-15H2,1-3H3,(H2,24,25);3-7,10-12,17H,8-9,13-14H2,1-2H3,(H2,24,25). The van der Waals surface area contributed by atoms with Crippen molar-refractivity contribution in [2.75, 3.05) is 82.7 Å². The molecule has 6 heterocycles. The van der Waals surface area contributed by atoms with Crippen molar-refractivity contribution >= 4 is 58.7 Å². The molecule has 0 amide bonds. The number of hydrogen-bond acceptors (Lipinski definition) is 17. The van der Waals surface area contributed by atoms with Crippen LogP contribution in [-0.2, 0) is 13.2 Å². The smallest absolute Gasteiger partial charge is 0.232 e. The lowest BCUT2D eigenvalue weighted by Gasteiger charge is -2.21. The summed E-state index contributed by atoms with van der Waals surface area (Å²) in [5.74, 6) is 4.23. The SMILES string of the molecule is CN(C)C1CCN(c2ncc(Sc3ccc(N)nc3)c(OCc3cccc(Cl)c3)n2)C1.COc1cccc(COc2nc(N3CCC(N(C)C)C3)ncc2Sc2ccc(N)nc2)c1. The van der Waals surface area contributed by atoms with Gasteiger partial charge >= 0.3 is 0 Å². The van der Waals surface area contributed by atoms with E-state index in [1.807, 2.05) is 73.1 Å². The summed E-state index contributed by atoms with van der Waals surface area (Å²) in [6, 6.07) is 23.8. The number of pyridine rings is 2. The number of hydrogen-bond donors (Lipinski definition) is 2. The molecule has 2 fully saturated rings. The van der Waals surface area contributed by atoms with Gasteiger partial charge in [0.2, 0.25) is 23.7 Å². The number of nitrogen functional groups attached to an aromatic ring is 2. The van der Waals surface area contributed by atoms with Crippen molar-refractivity contribution in [3.63, 3.8) is 0 Å². The summed E-state index contributed by atoms with van der Waals surface area (Å²) in [5, 5.41) is 0.679. The molecule has 2 atom stereocenters. The lowest BCUT2D eigenvalue weighted by atomic mass is 10.2. The second-order valence-electron chi connectivity index (χ2n) is 15.5. The molecule has 4 N–H and O–H groups in total. The van der Waals surface area contributed by atoms with E-state index in [0.717, 1.165) is 75.5 Å². The van der Waals surface area contributed by atoms with Crippen molar-refractivity contribution in [3.8, 4) is 17.5 Å². The molecule has 2 aromatic carbocycles. The number of nitrogens with two attached hydrogens (primary N) is 2. The van der Waals surface area contributed by atoms with Gasteiger partial charge in [0.05, 0.1) is 29.3 Å². The van der Waals surface area contributed by atoms with Gasteiger partial charge < -0.3 is 45.3 Å². The molecule has 2 aliphatic rings. The van der Waals surface area contributed by atoms with Crippen molar-refractivity contribution < 1.29 is 14.2 Å². The number of aromatic nitrogens is 6. The molecule has 63 heavy (non-hydrogen) atoms. The van der Waals surface area contributed by atoms with Gasteiger partial charge in [0.1, 0.15) is 30.6 Å². The van der Waals surface area contributed by atoms with Crippen LogP contribution in [-0.4, -0.2) is 113 Å². The largest absolute Gasteiger partial charge is 0.497 e. The highest BCUT2D eigenvalue weighted by Crippen LogP contribution is 2.37. The third-order valence-electron chi connectivity index (χ3n) is 10.5. The van der Waals surface area contributed by atoms with Crippen LogP contribution in [0.25, 0.3) is 0 Å². The van der Waals surface area contributed by atoms with Gasteiger partial charge in [-0.2, -0.15) is 9.97 Å². The van der Waals surface area contributed by atoms with Crippen LogP contribution in [0.15, 0.2) is 117 Å². The first-order valence-electron chi connectivity index (χ1n) is 20.5. The summed E-state index contributed by atoms with van der Waals surface area (Å²) in [6.45, 7) is 4.38. The predicted molar refractivity (Wildman–Crippen MR) is 251 cm³/mol. The molecule has 2 saturated heterocycles. The van der Waals surface area contributed by atoms with E-state index in [0.29, 0.717) is 65.6 Å². The van der Waals surface area contributed by atoms with Crippen LogP contribution in [0.2, 0.25) is 5.02 Å². The third kappa shape index (κ3) is 12.8. The summed E-state index contributed by atoms with van der Waals surface area (Å²) in [7, 11) is 10.1. The van der Waals surface area contributed by atoms with Crippen molar-refractivity contribution in [1.29, 1.82) is 0 Å². The Balaban J connectivity index is 0.000000189. The van der Waals surface area contributed by atoms with Gasteiger partial charge in [-0.3, -0.25) is 0 Å². The van der Waals surface area contributed by atoms with Crippen LogP contribution >= 0.6 is 35.1 Å². The Labute approximate surface area is 382 Å². The third-order valence-corrected chi connectivity index (χ3v) is 12.7. The fraction of sp³-hybridized carbons (Fsp3) is 0.333. The van der Waals surface area contributed by atoms with Gasteiger partial charge in [-0.05, 0) is 101 Å². The predicted octanol–water partition coefficient (Wildman–Crippen LogP) is 7.31. The van der Waals surface area contributed by atoms with Crippen LogP contribution in [0.4, 0.5) is 23.5 Å². The second-order valence-corrected chi connectivity index (χ2v) is 18.2. The molecule has 330 valence electrons. The average Bonchev–Trinajstić information content (AvgIpc) is 4.00. The normalized spacial score (nSPS) is 16.0. The zero-order valence-corrected chi connectivity index (χ0v) is 38.5. The summed E-state index contributed by atoms with van der Waals surface area (Å²) in [6.07, 6.45) is 9.29. The molecular weight excluding hydrogens is 856 g/mol. The van der Waals surface area contributed by atoms with Crippen molar-refractivity contribution in [1.82, 2.24) is 39.7 Å². The Bertz CT molecular complexity index is 2420. The fourth-order valence-electron chi connectivity index (χ4n) is 6.88. The molecule has 6 aromatic rings. The van der Waals surface area contributed by atoms with E-state index in [1.165, 1.54) is 23.5 Å². The minimum Gasteiger partial charge on any atom is -0.497 e. The maximum atomic E-state index is 6.18. The summed E-state index contributed by atoms with van der Waals surface area (Å²) >= 11 is 9.12. The van der Waals surface area contributed by atoms with Gasteiger partial charge in [0.15, 0.2) is 0 Å². The summed E-state index contributed by atoms with van der Waals surface area (Å²) in [4.78, 5) is 39.6. The number of benzene rings is 2. The number of likely N-dealkylation sites (N-methyl/N-ethyl adjacent to an activating group) is 2. The van der Waals surface area contributed by atoms with E-state index in [-0.39, 0.29) is 0 Å². The van der Waals surface area contributed by atoms with Gasteiger partial charge in [-0.1, -0.05) is 59.4 Å². The zero-order valence-electron chi connectivity index (χ0n) is 36.1. The molecule has 0 saturated carbocycles. The Hall–Kier alpha value is -5.59. The zero-order chi connectivity index (χ0) is 44.3. The van der Waals surface area contributed by atoms with Crippen molar-refractivity contribution in [2.45, 2.75) is 57.7 Å². The first kappa shape index (κ1) is 45.4. The molecule has 0 radical (unpaired) electrons. The van der Waals surface area contributed by atoms with Gasteiger partial charge in [-0.15, -0.1) is 0 Å². The fourth-order valence-corrected chi connectivity index (χ4v) is 8.68. The molecule has 18 heteroatoms. The van der Waals surface area contributed by atoms with E-state index in [2.05, 4.69) is 67.7 Å². The van der Waals surface area contributed by atoms with Crippen LogP contribution in [0.3, 0.4) is 0 Å². The number of methoxy groups -OCH3 is 1. The van der Waals surface area contributed by atoms with E-state index in [9.17, 15) is 0 Å². The van der Waals surface area contributed by atoms with E-state index in [1.54, 1.807) is 31.6 Å². The van der Waals surface area contributed by atoms with Crippen LogP contribution < -0.4 is 35.5 Å². The number of ether oxygens (including phenoxy) is 3. The van der Waals surface area contributed by atoms with Crippen LogP contribution in [0.5, 0.6) is 17.5 Å². The Morgan fingerprint density at radius 3 is 1.57 bits per heavy atom. The lowest BCUT2D eigenvalue weighted by Crippen LogP contribution is -2.32. The summed E-state index contributed by atoms with van der Waals surface area (Å²) < 4.78 is 17.6. The number of anilines is 4. The lowest BCUT2D eigenvalue weighted by molar-refractivity contribution is 0.284. The van der Waals surface area contributed by atoms with E-state index in [4.69, 9.17) is 47.2 Å². The first-order chi connectivity index (χ1) is 30.5. The van der Waals surface area contributed by atoms with Gasteiger partial charge in [0.25, 0.3) is 0 Å². The van der Waals surface area contributed by atoms with Gasteiger partial charge in [-0.25, -0.2) is 19.9 Å². The van der Waals surface area contributed by atoms with E-state index < -0.39 is 0 Å². The quantitative estimate of drug-likeness (QED) is 0.105. The Morgan fingerprint density at radius 1 is 0.651 bits per heavy atom. The highest BCUT2D eigenvalue weighted by Gasteiger charge is 2.28. The Kier molecular flexibility index (Phi) is 15.6. The molecule has 4 aromatic heterocycles. The highest BCUT2D eigenvalue weighted by atomic mass is 35.5. The maximum Gasteiger partial charge on any atom is 0.232 e. The molecule has 0 bridgehead atoms. The molecule has 2 aliphatic heterocycles. The minimum atomic E-state index is 0.366. The van der Waals surface area contributed by atoms with Crippen LogP contribution in [0, 0.1) is 0 Å². The summed E-state index contributed by atoms with van der Waals surface area (Å²) in [5.41, 5.74) is 13.4. The molecule has 8 rings (SSSR count). The molecular formula is C45H53ClN12O3S2. The Morgan fingerprint density at radius 2 is 1.14 bits per heavy atom. The molecule has 2 unspecified atom stereocenters. The highest BCUT2D eigenvalue weighted by molar-refractivity contribution is 7.99. The van der Waals surface area contributed by atoms with Gasteiger partial charge in [0, 0.05) is 65.5 Å². The molecule has 0 spiro atoms. The van der Waals surface area contributed by atoms with Crippen molar-refractivity contribution in [2.24, 2.45) is 0 Å². The molecule has 15 nitrogen and oxygen atoms in total. The number of nitrogens with zero attached hydrogens (tertiary/aromatic N) is 10.